The van der Waals surface area contributed by atoms with Gasteiger partial charge in [0.05, 0.1) is 54.5 Å². The second kappa shape index (κ2) is 13.2. The van der Waals surface area contributed by atoms with Crippen molar-refractivity contribution in [2.75, 3.05) is 67.7 Å². The van der Waals surface area contributed by atoms with E-state index in [4.69, 9.17) is 9.47 Å². The molecular formula is C22H46N2O6+2. The topological polar surface area (TPSA) is 93.1 Å². The van der Waals surface area contributed by atoms with Gasteiger partial charge in [-0.1, -0.05) is 13.8 Å². The van der Waals surface area contributed by atoms with Crippen molar-refractivity contribution < 1.29 is 38.2 Å². The number of aliphatic hydroxyl groups is 2. The van der Waals surface area contributed by atoms with Gasteiger partial charge in [-0.05, 0) is 32.1 Å². The van der Waals surface area contributed by atoms with Crippen molar-refractivity contribution in [3.05, 3.63) is 0 Å². The molecule has 0 unspecified atom stereocenters. The lowest BCUT2D eigenvalue weighted by molar-refractivity contribution is -0.930. The van der Waals surface area contributed by atoms with Crippen molar-refractivity contribution in [1.82, 2.24) is 0 Å². The van der Waals surface area contributed by atoms with E-state index in [1.54, 1.807) is 6.92 Å². The highest BCUT2D eigenvalue weighted by Gasteiger charge is 2.48. The van der Waals surface area contributed by atoms with Crippen molar-refractivity contribution in [3.8, 4) is 0 Å². The van der Waals surface area contributed by atoms with E-state index in [0.717, 1.165) is 32.4 Å². The number of carbonyl (C=O) groups is 2. The van der Waals surface area contributed by atoms with Gasteiger partial charge in [0.1, 0.15) is 13.2 Å². The molecule has 2 N–H and O–H groups in total. The molecule has 0 aromatic heterocycles. The van der Waals surface area contributed by atoms with E-state index >= 15 is 0 Å². The molecule has 0 aromatic rings. The van der Waals surface area contributed by atoms with Gasteiger partial charge in [0, 0.05) is 6.92 Å². The van der Waals surface area contributed by atoms with Crippen LogP contribution < -0.4 is 0 Å². The van der Waals surface area contributed by atoms with Crippen LogP contribution in [-0.2, 0) is 19.1 Å². The summed E-state index contributed by atoms with van der Waals surface area (Å²) in [6.07, 6.45) is 3.89. The predicted octanol–water partition coefficient (Wildman–Crippen LogP) is 1.33. The second-order valence-electron chi connectivity index (χ2n) is 9.41. The van der Waals surface area contributed by atoms with Gasteiger partial charge < -0.3 is 28.7 Å². The Kier molecular flexibility index (Phi) is 12.7. The summed E-state index contributed by atoms with van der Waals surface area (Å²) in [6.45, 7) is 7.42. The smallest absolute Gasteiger partial charge is 0.370 e. The molecule has 8 heteroatoms. The molecule has 0 heterocycles. The van der Waals surface area contributed by atoms with Gasteiger partial charge in [-0.2, -0.15) is 0 Å². The van der Waals surface area contributed by atoms with E-state index in [-0.39, 0.29) is 32.4 Å². The Morgan fingerprint density at radius 1 is 0.900 bits per heavy atom. The first kappa shape index (κ1) is 28.8. The first-order valence-electron chi connectivity index (χ1n) is 11.1. The van der Waals surface area contributed by atoms with Gasteiger partial charge in [-0.3, -0.25) is 0 Å². The number of hydrogen-bond acceptors (Lipinski definition) is 6. The quantitative estimate of drug-likeness (QED) is 0.216. The first-order chi connectivity index (χ1) is 13.9. The van der Waals surface area contributed by atoms with Gasteiger partial charge in [-0.25, -0.2) is 9.59 Å². The third kappa shape index (κ3) is 8.13. The van der Waals surface area contributed by atoms with Gasteiger partial charge >= 0.3 is 11.9 Å². The Morgan fingerprint density at radius 2 is 1.43 bits per heavy atom. The zero-order chi connectivity index (χ0) is 23.4. The van der Waals surface area contributed by atoms with Gasteiger partial charge in [0.25, 0.3) is 0 Å². The normalized spacial score (nSPS) is 15.4. The summed E-state index contributed by atoms with van der Waals surface area (Å²) in [7, 11) is 7.69. The van der Waals surface area contributed by atoms with Crippen LogP contribution in [-0.4, -0.2) is 110 Å². The molecule has 0 aromatic carbocycles. The van der Waals surface area contributed by atoms with Crippen LogP contribution in [0.1, 0.15) is 52.9 Å². The average Bonchev–Trinajstić information content (AvgIpc) is 2.66. The highest BCUT2D eigenvalue weighted by Crippen LogP contribution is 2.23. The molecule has 0 aliphatic rings. The minimum atomic E-state index is -0.992. The maximum Gasteiger partial charge on any atom is 0.370 e. The summed E-state index contributed by atoms with van der Waals surface area (Å²) < 4.78 is 11.5. The molecule has 2 atom stereocenters. The largest absolute Gasteiger partial charge is 0.461 e. The number of rotatable bonds is 16. The Morgan fingerprint density at radius 3 is 1.90 bits per heavy atom. The number of carbonyl (C=O) groups excluding carboxylic acids is 2. The minimum Gasteiger partial charge on any atom is -0.461 e. The summed E-state index contributed by atoms with van der Waals surface area (Å²) in [5.41, 5.74) is -0.992. The van der Waals surface area contributed by atoms with Crippen molar-refractivity contribution in [1.29, 1.82) is 0 Å². The molecule has 8 nitrogen and oxygen atoms in total. The summed E-state index contributed by atoms with van der Waals surface area (Å²) >= 11 is 0. The molecule has 0 spiro atoms. The fraction of sp³-hybridized carbons (Fsp3) is 0.909. The first-order valence-corrected chi connectivity index (χ1v) is 11.1. The van der Waals surface area contributed by atoms with Crippen molar-refractivity contribution in [2.24, 2.45) is 0 Å². The fourth-order valence-electron chi connectivity index (χ4n) is 3.59. The Bertz CT molecular complexity index is 524. The average molecular weight is 435 g/mol. The highest BCUT2D eigenvalue weighted by atomic mass is 16.5. The molecule has 0 radical (unpaired) electrons. The molecule has 0 aliphatic carbocycles. The van der Waals surface area contributed by atoms with E-state index in [9.17, 15) is 19.8 Å². The number of esters is 2. The third-order valence-electron chi connectivity index (χ3n) is 6.22. The lowest BCUT2D eigenvalue weighted by Gasteiger charge is -2.43. The number of hydrogen-bond donors (Lipinski definition) is 2. The SMILES string of the molecule is CCC[N+](C)(C)[C@@H](CO)C(=O)OCCCCCOC(=O)[C@](C)(CO)[N+](C)(C)CCC. The fourth-order valence-corrected chi connectivity index (χ4v) is 3.59. The number of quaternary nitrogens is 2. The molecule has 0 rings (SSSR count). The number of aliphatic hydroxyl groups excluding tert-OH is 2. The van der Waals surface area contributed by atoms with Gasteiger partial charge in [0.15, 0.2) is 0 Å². The Balaban J connectivity index is 4.31. The standard InChI is InChI=1S/C22H46N2O6/c1-8-13-23(4,5)19(17-25)20(27)29-15-11-10-12-16-30-21(28)22(3,18-26)24(6,7)14-9-2/h19,25-26H,8-18H2,1-7H3/q+2/t19-,22-/m0/s1. The van der Waals surface area contributed by atoms with E-state index < -0.39 is 17.6 Å². The molecule has 0 amide bonds. The van der Waals surface area contributed by atoms with Crippen LogP contribution in [0.2, 0.25) is 0 Å². The van der Waals surface area contributed by atoms with E-state index in [1.807, 2.05) is 42.0 Å². The lowest BCUT2D eigenvalue weighted by Crippen LogP contribution is -2.65. The van der Waals surface area contributed by atoms with Crippen LogP contribution in [0.4, 0.5) is 0 Å². The van der Waals surface area contributed by atoms with Crippen LogP contribution in [0.5, 0.6) is 0 Å². The van der Waals surface area contributed by atoms with E-state index in [0.29, 0.717) is 21.8 Å². The number of likely N-dealkylation sites (N-methyl/N-ethyl adjacent to an activating group) is 2. The number of unbranched alkanes of at least 4 members (excludes halogenated alkanes) is 2. The molecule has 0 bridgehead atoms. The molecule has 30 heavy (non-hydrogen) atoms. The van der Waals surface area contributed by atoms with E-state index in [1.165, 1.54) is 0 Å². The van der Waals surface area contributed by atoms with Crippen LogP contribution >= 0.6 is 0 Å². The number of nitrogens with zero attached hydrogens (tertiary/aromatic N) is 2. The van der Waals surface area contributed by atoms with Gasteiger partial charge in [0.2, 0.25) is 11.6 Å². The van der Waals surface area contributed by atoms with Gasteiger partial charge in [-0.15, -0.1) is 0 Å². The highest BCUT2D eigenvalue weighted by molar-refractivity contribution is 5.79. The van der Waals surface area contributed by atoms with Crippen molar-refractivity contribution >= 4 is 11.9 Å². The zero-order valence-corrected chi connectivity index (χ0v) is 20.3. The molecule has 0 fully saturated rings. The summed E-state index contributed by atoms with van der Waals surface area (Å²) in [5.74, 6) is -0.770. The molecule has 178 valence electrons. The lowest BCUT2D eigenvalue weighted by atomic mass is 9.98. The van der Waals surface area contributed by atoms with Crippen molar-refractivity contribution in [3.63, 3.8) is 0 Å². The zero-order valence-electron chi connectivity index (χ0n) is 20.3. The van der Waals surface area contributed by atoms with Crippen molar-refractivity contribution in [2.45, 2.75) is 64.5 Å². The van der Waals surface area contributed by atoms with Crippen LogP contribution in [0.15, 0.2) is 0 Å². The summed E-state index contributed by atoms with van der Waals surface area (Å²) in [6, 6.07) is -0.577. The molecule has 0 saturated heterocycles. The molecule has 0 saturated carbocycles. The summed E-state index contributed by atoms with van der Waals surface area (Å²) in [4.78, 5) is 24.8. The molecular weight excluding hydrogens is 388 g/mol. The second-order valence-corrected chi connectivity index (χ2v) is 9.41. The van der Waals surface area contributed by atoms with E-state index in [2.05, 4.69) is 0 Å². The maximum absolute atomic E-state index is 12.6. The summed E-state index contributed by atoms with van der Waals surface area (Å²) in [5, 5.41) is 19.4. The minimum absolute atomic E-state index is 0.238. The maximum atomic E-state index is 12.6. The van der Waals surface area contributed by atoms with Crippen LogP contribution in [0, 0.1) is 0 Å². The Labute approximate surface area is 182 Å². The number of ether oxygens (including phenoxy) is 2. The van der Waals surface area contributed by atoms with Crippen LogP contribution in [0.3, 0.4) is 0 Å². The Hall–Kier alpha value is -1.22. The molecule has 0 aliphatic heterocycles. The predicted molar refractivity (Wildman–Crippen MR) is 117 cm³/mol. The third-order valence-corrected chi connectivity index (χ3v) is 6.22. The monoisotopic (exact) mass is 434 g/mol. The van der Waals surface area contributed by atoms with Crippen LogP contribution in [0.25, 0.3) is 0 Å².